The lowest BCUT2D eigenvalue weighted by atomic mass is 9.99. The van der Waals surface area contributed by atoms with Crippen molar-refractivity contribution in [2.24, 2.45) is 0 Å². The maximum Gasteiger partial charge on any atom is 0.342 e. The smallest absolute Gasteiger partial charge is 0.342 e. The first kappa shape index (κ1) is 16.7. The second-order valence-electron chi connectivity index (χ2n) is 5.71. The average Bonchev–Trinajstić information content (AvgIpc) is 2.93. The molecule has 1 amide bonds. The van der Waals surface area contributed by atoms with Crippen molar-refractivity contribution in [3.8, 4) is 5.75 Å². The molecule has 6 nitrogen and oxygen atoms in total. The highest BCUT2D eigenvalue weighted by Crippen LogP contribution is 2.32. The molecule has 25 heavy (non-hydrogen) atoms. The van der Waals surface area contributed by atoms with Crippen LogP contribution in [-0.4, -0.2) is 31.4 Å². The standard InChI is InChI=1S/C19H17NO5/c1-11-14-9-12(7-8-15(14)20-18(11)22)16(21)10-25-19(23)13-5-3-4-6-17(13)24-2/h3-9,11H,10H2,1-2H3,(H,20,22)/t11-/m0/s1. The third kappa shape index (κ3) is 3.24. The minimum absolute atomic E-state index is 0.0952. The molecule has 0 fully saturated rings. The number of hydrogen-bond acceptors (Lipinski definition) is 5. The van der Waals surface area contributed by atoms with Gasteiger partial charge in [-0.1, -0.05) is 12.1 Å². The first-order valence-corrected chi connectivity index (χ1v) is 7.79. The first-order chi connectivity index (χ1) is 12.0. The third-order valence-electron chi connectivity index (χ3n) is 4.15. The van der Waals surface area contributed by atoms with Gasteiger partial charge in [-0.25, -0.2) is 4.79 Å². The summed E-state index contributed by atoms with van der Waals surface area (Å²) in [5.41, 5.74) is 2.14. The first-order valence-electron chi connectivity index (χ1n) is 7.79. The van der Waals surface area contributed by atoms with Crippen LogP contribution in [0.15, 0.2) is 42.5 Å². The second kappa shape index (κ2) is 6.76. The number of esters is 1. The summed E-state index contributed by atoms with van der Waals surface area (Å²) in [5, 5.41) is 2.75. The summed E-state index contributed by atoms with van der Waals surface area (Å²) >= 11 is 0. The minimum atomic E-state index is -0.628. The van der Waals surface area contributed by atoms with Crippen molar-refractivity contribution in [1.29, 1.82) is 0 Å². The zero-order valence-corrected chi connectivity index (χ0v) is 13.9. The summed E-state index contributed by atoms with van der Waals surface area (Å²) in [4.78, 5) is 36.1. The van der Waals surface area contributed by atoms with E-state index in [9.17, 15) is 14.4 Å². The number of anilines is 1. The van der Waals surface area contributed by atoms with Gasteiger partial charge in [-0.2, -0.15) is 0 Å². The fourth-order valence-corrected chi connectivity index (χ4v) is 2.70. The molecule has 1 aliphatic rings. The van der Waals surface area contributed by atoms with Gasteiger partial charge in [0.05, 0.1) is 13.0 Å². The van der Waals surface area contributed by atoms with Gasteiger partial charge in [0.15, 0.2) is 12.4 Å². The molecule has 1 N–H and O–H groups in total. The molecule has 6 heteroatoms. The third-order valence-corrected chi connectivity index (χ3v) is 4.15. The molecule has 0 bridgehead atoms. The number of carbonyl (C=O) groups is 3. The Kier molecular flexibility index (Phi) is 4.52. The van der Waals surface area contributed by atoms with Gasteiger partial charge in [0.1, 0.15) is 11.3 Å². The van der Waals surface area contributed by atoms with E-state index in [1.54, 1.807) is 49.4 Å². The van der Waals surface area contributed by atoms with Gasteiger partial charge in [-0.15, -0.1) is 0 Å². The highest BCUT2D eigenvalue weighted by atomic mass is 16.5. The fourth-order valence-electron chi connectivity index (χ4n) is 2.70. The molecule has 1 atom stereocenters. The summed E-state index contributed by atoms with van der Waals surface area (Å²) in [6.45, 7) is 1.39. The molecule has 0 unspecified atom stereocenters. The molecule has 1 aliphatic heterocycles. The van der Waals surface area contributed by atoms with Crippen molar-refractivity contribution in [3.63, 3.8) is 0 Å². The number of para-hydroxylation sites is 1. The van der Waals surface area contributed by atoms with Crippen LogP contribution < -0.4 is 10.1 Å². The molecule has 0 saturated carbocycles. The number of hydrogen-bond donors (Lipinski definition) is 1. The topological polar surface area (TPSA) is 81.7 Å². The Morgan fingerprint density at radius 3 is 2.68 bits per heavy atom. The van der Waals surface area contributed by atoms with Crippen LogP contribution in [0.2, 0.25) is 0 Å². The van der Waals surface area contributed by atoms with Gasteiger partial charge < -0.3 is 14.8 Å². The van der Waals surface area contributed by atoms with Crippen molar-refractivity contribution in [2.45, 2.75) is 12.8 Å². The normalized spacial score (nSPS) is 15.3. The monoisotopic (exact) mass is 339 g/mol. The van der Waals surface area contributed by atoms with E-state index in [1.165, 1.54) is 7.11 Å². The molecule has 0 radical (unpaired) electrons. The Morgan fingerprint density at radius 1 is 1.16 bits per heavy atom. The SMILES string of the molecule is COc1ccccc1C(=O)OCC(=O)c1ccc2c(c1)[C@H](C)C(=O)N2. The quantitative estimate of drug-likeness (QED) is 0.669. The zero-order valence-electron chi connectivity index (χ0n) is 13.9. The number of amides is 1. The van der Waals surface area contributed by atoms with Gasteiger partial charge in [-0.3, -0.25) is 9.59 Å². The Morgan fingerprint density at radius 2 is 1.92 bits per heavy atom. The number of methoxy groups -OCH3 is 1. The van der Waals surface area contributed by atoms with E-state index in [-0.39, 0.29) is 29.8 Å². The number of Topliss-reactive ketones (excluding diaryl/α,β-unsaturated/α-hetero) is 1. The van der Waals surface area contributed by atoms with Crippen LogP contribution in [0.3, 0.4) is 0 Å². The molecule has 0 aliphatic carbocycles. The number of benzene rings is 2. The molecular formula is C19H17NO5. The highest BCUT2D eigenvalue weighted by Gasteiger charge is 2.27. The lowest BCUT2D eigenvalue weighted by molar-refractivity contribution is -0.116. The maximum absolute atomic E-state index is 12.3. The number of ether oxygens (including phenoxy) is 2. The Bertz CT molecular complexity index is 859. The number of fused-ring (bicyclic) bond motifs is 1. The van der Waals surface area contributed by atoms with E-state index in [4.69, 9.17) is 9.47 Å². The molecule has 1 heterocycles. The summed E-state index contributed by atoms with van der Waals surface area (Å²) in [5.74, 6) is -0.980. The van der Waals surface area contributed by atoms with Gasteiger partial charge in [0.2, 0.25) is 5.91 Å². The highest BCUT2D eigenvalue weighted by molar-refractivity contribution is 6.05. The number of nitrogens with one attached hydrogen (secondary N) is 1. The van der Waals surface area contributed by atoms with Crippen LogP contribution in [-0.2, 0) is 9.53 Å². The van der Waals surface area contributed by atoms with E-state index in [1.807, 2.05) is 0 Å². The zero-order chi connectivity index (χ0) is 18.0. The Balaban J connectivity index is 1.69. The molecule has 2 aromatic carbocycles. The molecular weight excluding hydrogens is 322 g/mol. The molecule has 128 valence electrons. The Hall–Kier alpha value is -3.15. The maximum atomic E-state index is 12.3. The number of carbonyl (C=O) groups excluding carboxylic acids is 3. The van der Waals surface area contributed by atoms with Crippen molar-refractivity contribution < 1.29 is 23.9 Å². The summed E-state index contributed by atoms with van der Waals surface area (Å²) < 4.78 is 10.2. The summed E-state index contributed by atoms with van der Waals surface area (Å²) in [7, 11) is 1.46. The van der Waals surface area contributed by atoms with Crippen molar-refractivity contribution in [3.05, 3.63) is 59.2 Å². The Labute approximate surface area is 144 Å². The van der Waals surface area contributed by atoms with Crippen molar-refractivity contribution in [2.75, 3.05) is 19.0 Å². The van der Waals surface area contributed by atoms with Crippen molar-refractivity contribution >= 4 is 23.3 Å². The van der Waals surface area contributed by atoms with Gasteiger partial charge in [-0.05, 0) is 42.8 Å². The van der Waals surface area contributed by atoms with Crippen LogP contribution >= 0.6 is 0 Å². The van der Waals surface area contributed by atoms with E-state index < -0.39 is 5.97 Å². The van der Waals surface area contributed by atoms with Crippen LogP contribution in [0.1, 0.15) is 39.1 Å². The van der Waals surface area contributed by atoms with Gasteiger partial charge in [0.25, 0.3) is 0 Å². The van der Waals surface area contributed by atoms with Crippen LogP contribution in [0.5, 0.6) is 5.75 Å². The second-order valence-corrected chi connectivity index (χ2v) is 5.71. The summed E-state index contributed by atoms with van der Waals surface area (Å²) in [6.07, 6.45) is 0. The van der Waals surface area contributed by atoms with E-state index in [0.29, 0.717) is 17.0 Å². The summed E-state index contributed by atoms with van der Waals surface area (Å²) in [6, 6.07) is 11.6. The largest absolute Gasteiger partial charge is 0.496 e. The van der Waals surface area contributed by atoms with Gasteiger partial charge >= 0.3 is 5.97 Å². The predicted octanol–water partition coefficient (Wildman–Crippen LogP) is 2.79. The van der Waals surface area contributed by atoms with Crippen LogP contribution in [0, 0.1) is 0 Å². The van der Waals surface area contributed by atoms with Crippen LogP contribution in [0.25, 0.3) is 0 Å². The molecule has 0 spiro atoms. The van der Waals surface area contributed by atoms with Gasteiger partial charge in [0, 0.05) is 11.3 Å². The van der Waals surface area contributed by atoms with E-state index >= 15 is 0 Å². The fraction of sp³-hybridized carbons (Fsp3) is 0.211. The molecule has 2 aromatic rings. The number of rotatable bonds is 5. The predicted molar refractivity (Wildman–Crippen MR) is 91.1 cm³/mol. The lowest BCUT2D eigenvalue weighted by Crippen LogP contribution is -2.15. The van der Waals surface area contributed by atoms with E-state index in [2.05, 4.69) is 5.32 Å². The molecule has 0 saturated heterocycles. The molecule has 3 rings (SSSR count). The average molecular weight is 339 g/mol. The minimum Gasteiger partial charge on any atom is -0.496 e. The van der Waals surface area contributed by atoms with E-state index in [0.717, 1.165) is 5.56 Å². The lowest BCUT2D eigenvalue weighted by Gasteiger charge is -2.09. The van der Waals surface area contributed by atoms with Crippen LogP contribution in [0.4, 0.5) is 5.69 Å². The number of ketones is 1. The molecule has 0 aromatic heterocycles. The van der Waals surface area contributed by atoms with Crippen molar-refractivity contribution in [1.82, 2.24) is 0 Å².